The van der Waals surface area contributed by atoms with E-state index in [-0.39, 0.29) is 54.0 Å². The van der Waals surface area contributed by atoms with E-state index in [4.69, 9.17) is 5.73 Å². The van der Waals surface area contributed by atoms with Crippen molar-refractivity contribution in [3.63, 3.8) is 0 Å². The zero-order valence-corrected chi connectivity index (χ0v) is 18.2. The second-order valence-corrected chi connectivity index (χ2v) is 10.5. The molecule has 9 heteroatoms. The number of hydrogen-bond acceptors (Lipinski definition) is 3. The van der Waals surface area contributed by atoms with Crippen molar-refractivity contribution in [1.82, 2.24) is 9.97 Å². The number of primary amides is 1. The van der Waals surface area contributed by atoms with Crippen LogP contribution in [0.25, 0.3) is 10.9 Å². The minimum atomic E-state index is -2.84. The summed E-state index contributed by atoms with van der Waals surface area (Å²) in [5.41, 5.74) is 5.19. The molecular formula is C24H27F4N3O2. The predicted molar refractivity (Wildman–Crippen MR) is 114 cm³/mol. The summed E-state index contributed by atoms with van der Waals surface area (Å²) in [6, 6.07) is 2.83. The van der Waals surface area contributed by atoms with Crippen LogP contribution >= 0.6 is 0 Å². The zero-order chi connectivity index (χ0) is 23.6. The first-order valence-corrected chi connectivity index (χ1v) is 11.6. The number of carbonyl (C=O) groups is 1. The highest BCUT2D eigenvalue weighted by atomic mass is 19.3. The Kier molecular flexibility index (Phi) is 5.10. The van der Waals surface area contributed by atoms with Crippen molar-refractivity contribution in [2.75, 3.05) is 0 Å². The molecule has 3 saturated carbocycles. The number of alkyl halides is 4. The molecule has 0 saturated heterocycles. The summed E-state index contributed by atoms with van der Waals surface area (Å²) in [4.78, 5) is 31.6. The van der Waals surface area contributed by atoms with Gasteiger partial charge in [0.2, 0.25) is 11.8 Å². The fraction of sp³-hybridized carbons (Fsp3) is 0.625. The molecule has 2 heterocycles. The molecule has 3 N–H and O–H groups in total. The highest BCUT2D eigenvalue weighted by molar-refractivity contribution is 6.03. The van der Waals surface area contributed by atoms with Gasteiger partial charge in [-0.1, -0.05) is 0 Å². The molecule has 5 rings (SSSR count). The molecule has 33 heavy (non-hydrogen) atoms. The minimum absolute atomic E-state index is 0.0541. The molecule has 3 aliphatic rings. The first kappa shape index (κ1) is 22.3. The number of aromatic nitrogens is 2. The second kappa shape index (κ2) is 7.53. The van der Waals surface area contributed by atoms with Gasteiger partial charge in [0.1, 0.15) is 5.69 Å². The third-order valence-electron chi connectivity index (χ3n) is 8.24. The van der Waals surface area contributed by atoms with E-state index in [0.29, 0.717) is 30.5 Å². The van der Waals surface area contributed by atoms with E-state index in [2.05, 4.69) is 9.97 Å². The number of rotatable bonds is 3. The Morgan fingerprint density at radius 2 is 1.76 bits per heavy atom. The molecule has 0 aliphatic heterocycles. The van der Waals surface area contributed by atoms with E-state index in [0.717, 1.165) is 12.8 Å². The van der Waals surface area contributed by atoms with E-state index < -0.39 is 29.1 Å². The molecule has 2 atom stereocenters. The Balaban J connectivity index is 1.45. The lowest BCUT2D eigenvalue weighted by molar-refractivity contribution is -0.179. The van der Waals surface area contributed by atoms with Gasteiger partial charge in [-0.25, -0.2) is 17.6 Å². The number of hydrogen-bond donors (Lipinski definition) is 2. The van der Waals surface area contributed by atoms with Crippen LogP contribution in [0, 0.1) is 17.3 Å². The Morgan fingerprint density at radius 1 is 1.06 bits per heavy atom. The number of fused-ring (bicyclic) bond motifs is 1. The smallest absolute Gasteiger partial charge is 0.268 e. The summed E-state index contributed by atoms with van der Waals surface area (Å²) in [5.74, 6) is -6.70. The van der Waals surface area contributed by atoms with Gasteiger partial charge < -0.3 is 10.7 Å². The van der Waals surface area contributed by atoms with Crippen LogP contribution in [0.1, 0.15) is 79.9 Å². The van der Waals surface area contributed by atoms with E-state index in [1.54, 1.807) is 0 Å². The van der Waals surface area contributed by atoms with Crippen LogP contribution in [-0.2, 0) is 0 Å². The van der Waals surface area contributed by atoms with Gasteiger partial charge in [0.05, 0.1) is 10.9 Å². The quantitative estimate of drug-likeness (QED) is 0.615. The number of nitrogens with two attached hydrogens (primary N) is 1. The van der Waals surface area contributed by atoms with Gasteiger partial charge in [-0.3, -0.25) is 14.6 Å². The van der Waals surface area contributed by atoms with E-state index in [1.807, 2.05) is 0 Å². The largest absolute Gasteiger partial charge is 0.364 e. The van der Waals surface area contributed by atoms with Crippen LogP contribution < -0.4 is 11.2 Å². The average Bonchev–Trinajstić information content (AvgIpc) is 2.72. The van der Waals surface area contributed by atoms with Gasteiger partial charge in [0.25, 0.3) is 5.91 Å². The molecule has 0 aromatic carbocycles. The summed E-state index contributed by atoms with van der Waals surface area (Å²) in [6.07, 6.45) is 3.88. The monoisotopic (exact) mass is 465 g/mol. The molecule has 5 nitrogen and oxygen atoms in total. The van der Waals surface area contributed by atoms with Crippen molar-refractivity contribution < 1.29 is 22.4 Å². The number of carbonyl (C=O) groups excluding carboxylic acids is 1. The molecule has 178 valence electrons. The van der Waals surface area contributed by atoms with Gasteiger partial charge in [-0.05, 0) is 55.4 Å². The maximum atomic E-state index is 14.5. The molecule has 0 bridgehead atoms. The molecule has 0 radical (unpaired) electrons. The number of amides is 1. The zero-order valence-electron chi connectivity index (χ0n) is 18.2. The summed E-state index contributed by atoms with van der Waals surface area (Å²) in [7, 11) is 0. The SMILES string of the molecule is NC(=O)c1nccc2[nH]c([C@@H]3CC(F)(F)CCC3C3CCC4(CC3)CC(F)(F)C4)cc(=O)c12. The number of pyridine rings is 2. The number of H-pyrrole nitrogens is 1. The molecule has 3 aliphatic carbocycles. The lowest BCUT2D eigenvalue weighted by Crippen LogP contribution is -2.49. The molecule has 2 aromatic rings. The van der Waals surface area contributed by atoms with Gasteiger partial charge >= 0.3 is 0 Å². The van der Waals surface area contributed by atoms with Gasteiger partial charge in [0.15, 0.2) is 5.43 Å². The maximum Gasteiger partial charge on any atom is 0.268 e. The van der Waals surface area contributed by atoms with Crippen LogP contribution in [0.5, 0.6) is 0 Å². The van der Waals surface area contributed by atoms with Crippen LogP contribution in [-0.4, -0.2) is 27.7 Å². The van der Waals surface area contributed by atoms with Crippen LogP contribution in [0.2, 0.25) is 0 Å². The molecule has 1 amide bonds. The maximum absolute atomic E-state index is 14.5. The first-order chi connectivity index (χ1) is 15.5. The normalized spacial score (nSPS) is 28.5. The lowest BCUT2D eigenvalue weighted by atomic mass is 9.54. The highest BCUT2D eigenvalue weighted by Crippen LogP contribution is 2.61. The summed E-state index contributed by atoms with van der Waals surface area (Å²) >= 11 is 0. The molecular weight excluding hydrogens is 438 g/mol. The van der Waals surface area contributed by atoms with Crippen LogP contribution in [0.15, 0.2) is 23.1 Å². The standard InChI is InChI=1S/C24H27F4N3O2/c25-23(26)7-3-14(13-1-5-22(6-2-13)11-24(27,28)12-22)15(10-23)17-9-18(32)19-16(31-17)4-8-30-20(19)21(29)33/h4,8-9,13-15H,1-3,5-7,10-12H2,(H2,29,33)(H,31,32)/t14?,15-/m1/s1. The van der Waals surface area contributed by atoms with E-state index in [1.165, 1.54) is 18.3 Å². The summed E-state index contributed by atoms with van der Waals surface area (Å²) < 4.78 is 55.9. The Labute approximate surface area is 188 Å². The molecule has 1 unspecified atom stereocenters. The third-order valence-corrected chi connectivity index (χ3v) is 8.24. The number of aromatic amines is 1. The topological polar surface area (TPSA) is 88.8 Å². The predicted octanol–water partition coefficient (Wildman–Crippen LogP) is 5.15. The van der Waals surface area contributed by atoms with Gasteiger partial charge in [0, 0.05) is 49.6 Å². The van der Waals surface area contributed by atoms with Crippen LogP contribution in [0.3, 0.4) is 0 Å². The van der Waals surface area contributed by atoms with Crippen molar-refractivity contribution in [2.24, 2.45) is 23.0 Å². The van der Waals surface area contributed by atoms with Crippen molar-refractivity contribution >= 4 is 16.8 Å². The number of halogens is 4. The fourth-order valence-electron chi connectivity index (χ4n) is 6.75. The van der Waals surface area contributed by atoms with Gasteiger partial charge in [-0.15, -0.1) is 0 Å². The van der Waals surface area contributed by atoms with E-state index >= 15 is 0 Å². The fourth-order valence-corrected chi connectivity index (χ4v) is 6.75. The number of nitrogens with zero attached hydrogens (tertiary/aromatic N) is 1. The molecule has 1 spiro atoms. The van der Waals surface area contributed by atoms with E-state index in [9.17, 15) is 27.2 Å². The van der Waals surface area contributed by atoms with Gasteiger partial charge in [-0.2, -0.15) is 0 Å². The Morgan fingerprint density at radius 3 is 2.39 bits per heavy atom. The first-order valence-electron chi connectivity index (χ1n) is 11.6. The Bertz CT molecular complexity index is 1140. The molecule has 3 fully saturated rings. The van der Waals surface area contributed by atoms with Crippen LogP contribution in [0.4, 0.5) is 17.6 Å². The highest BCUT2D eigenvalue weighted by Gasteiger charge is 2.57. The number of nitrogens with one attached hydrogen (secondary N) is 1. The lowest BCUT2D eigenvalue weighted by Gasteiger charge is -2.53. The van der Waals surface area contributed by atoms with Crippen molar-refractivity contribution in [1.29, 1.82) is 0 Å². The van der Waals surface area contributed by atoms with Crippen molar-refractivity contribution in [3.05, 3.63) is 39.9 Å². The Hall–Kier alpha value is -2.45. The average molecular weight is 465 g/mol. The second-order valence-electron chi connectivity index (χ2n) is 10.5. The van der Waals surface area contributed by atoms with Crippen molar-refractivity contribution in [3.8, 4) is 0 Å². The van der Waals surface area contributed by atoms with Crippen molar-refractivity contribution in [2.45, 2.75) is 75.6 Å². The summed E-state index contributed by atoms with van der Waals surface area (Å²) in [5, 5.41) is 0.0541. The summed E-state index contributed by atoms with van der Waals surface area (Å²) in [6.45, 7) is 0. The minimum Gasteiger partial charge on any atom is -0.364 e. The molecule has 2 aromatic heterocycles. The third kappa shape index (κ3) is 4.04.